The van der Waals surface area contributed by atoms with Crippen LogP contribution in [0, 0.1) is 0 Å². The number of aromatic nitrogens is 1. The molecule has 0 amide bonds. The van der Waals surface area contributed by atoms with Gasteiger partial charge in [-0.15, -0.1) is 0 Å². The molecule has 0 saturated heterocycles. The van der Waals surface area contributed by atoms with Crippen LogP contribution < -0.4 is 10.1 Å². The summed E-state index contributed by atoms with van der Waals surface area (Å²) in [7, 11) is 0. The van der Waals surface area contributed by atoms with E-state index in [0.717, 1.165) is 40.9 Å². The monoisotopic (exact) mass is 334 g/mol. The number of hydrogen-bond acceptors (Lipinski definition) is 3. The van der Waals surface area contributed by atoms with Crippen molar-refractivity contribution in [1.29, 1.82) is 0 Å². The topological polar surface area (TPSA) is 34.2 Å². The van der Waals surface area contributed by atoms with E-state index in [1.54, 1.807) is 6.20 Å². The van der Waals surface area contributed by atoms with Gasteiger partial charge in [0.25, 0.3) is 0 Å². The third-order valence-corrected chi connectivity index (χ3v) is 3.44. The minimum Gasteiger partial charge on any atom is -0.488 e. The molecule has 0 fully saturated rings. The lowest BCUT2D eigenvalue weighted by Crippen LogP contribution is -2.14. The highest BCUT2D eigenvalue weighted by molar-refractivity contribution is 9.10. The van der Waals surface area contributed by atoms with Crippen LogP contribution in [0.1, 0.15) is 24.5 Å². The Morgan fingerprint density at radius 2 is 2.00 bits per heavy atom. The van der Waals surface area contributed by atoms with Gasteiger partial charge in [-0.2, -0.15) is 0 Å². The van der Waals surface area contributed by atoms with Crippen LogP contribution in [0.4, 0.5) is 0 Å². The molecular weight excluding hydrogens is 316 g/mol. The number of ether oxygens (including phenoxy) is 1. The first-order valence-corrected chi connectivity index (χ1v) is 7.59. The van der Waals surface area contributed by atoms with Crippen LogP contribution in [0.25, 0.3) is 0 Å². The first-order valence-electron chi connectivity index (χ1n) is 6.80. The van der Waals surface area contributed by atoms with Crippen molar-refractivity contribution in [3.8, 4) is 5.75 Å². The van der Waals surface area contributed by atoms with E-state index >= 15 is 0 Å². The Morgan fingerprint density at radius 3 is 2.75 bits per heavy atom. The molecule has 0 aliphatic heterocycles. The molecule has 2 aromatic rings. The van der Waals surface area contributed by atoms with Gasteiger partial charge in [-0.1, -0.05) is 35.0 Å². The zero-order chi connectivity index (χ0) is 14.2. The lowest BCUT2D eigenvalue weighted by atomic mass is 10.2. The summed E-state index contributed by atoms with van der Waals surface area (Å²) in [6, 6.07) is 10.1. The normalized spacial score (nSPS) is 10.5. The largest absolute Gasteiger partial charge is 0.488 e. The maximum atomic E-state index is 5.90. The third-order valence-electron chi connectivity index (χ3n) is 2.91. The Kier molecular flexibility index (Phi) is 6.02. The van der Waals surface area contributed by atoms with Crippen LogP contribution in [-0.2, 0) is 13.2 Å². The maximum Gasteiger partial charge on any atom is 0.127 e. The van der Waals surface area contributed by atoms with Gasteiger partial charge in [0, 0.05) is 29.0 Å². The fourth-order valence-corrected chi connectivity index (χ4v) is 2.09. The first-order chi connectivity index (χ1) is 9.79. The average molecular weight is 335 g/mol. The summed E-state index contributed by atoms with van der Waals surface area (Å²) in [5.41, 5.74) is 2.25. The van der Waals surface area contributed by atoms with Gasteiger partial charge in [-0.25, -0.2) is 0 Å². The molecule has 4 heteroatoms. The number of pyridine rings is 1. The van der Waals surface area contributed by atoms with Gasteiger partial charge in [-0.3, -0.25) is 4.98 Å². The van der Waals surface area contributed by atoms with Crippen LogP contribution in [-0.4, -0.2) is 11.5 Å². The smallest absolute Gasteiger partial charge is 0.127 e. The predicted octanol–water partition coefficient (Wildman–Crippen LogP) is 3.92. The van der Waals surface area contributed by atoms with Crippen molar-refractivity contribution in [1.82, 2.24) is 10.3 Å². The van der Waals surface area contributed by atoms with Gasteiger partial charge >= 0.3 is 0 Å². The molecule has 1 heterocycles. The van der Waals surface area contributed by atoms with Crippen molar-refractivity contribution in [2.24, 2.45) is 0 Å². The molecule has 1 aromatic heterocycles. The SMILES string of the molecule is CCCNCc1cnccc1OCc1ccc(Br)cc1. The molecule has 0 atom stereocenters. The Balaban J connectivity index is 1.96. The molecule has 0 radical (unpaired) electrons. The Labute approximate surface area is 128 Å². The zero-order valence-electron chi connectivity index (χ0n) is 11.6. The molecule has 0 unspecified atom stereocenters. The number of benzene rings is 1. The minimum atomic E-state index is 0.568. The van der Waals surface area contributed by atoms with Gasteiger partial charge in [0.05, 0.1) is 0 Å². The van der Waals surface area contributed by atoms with E-state index < -0.39 is 0 Å². The number of halogens is 1. The summed E-state index contributed by atoms with van der Waals surface area (Å²) in [5.74, 6) is 0.895. The summed E-state index contributed by atoms with van der Waals surface area (Å²) < 4.78 is 6.98. The molecule has 0 bridgehead atoms. The van der Waals surface area contributed by atoms with Crippen LogP contribution in [0.2, 0.25) is 0 Å². The van der Waals surface area contributed by atoms with Crippen LogP contribution >= 0.6 is 15.9 Å². The van der Waals surface area contributed by atoms with E-state index in [-0.39, 0.29) is 0 Å². The van der Waals surface area contributed by atoms with E-state index in [1.807, 2.05) is 24.4 Å². The van der Waals surface area contributed by atoms with Gasteiger partial charge in [-0.05, 0) is 36.7 Å². The molecule has 1 aromatic carbocycles. The quantitative estimate of drug-likeness (QED) is 0.779. The van der Waals surface area contributed by atoms with Crippen molar-refractivity contribution in [3.05, 3.63) is 58.3 Å². The van der Waals surface area contributed by atoms with Crippen molar-refractivity contribution >= 4 is 15.9 Å². The summed E-state index contributed by atoms with van der Waals surface area (Å²) >= 11 is 3.43. The highest BCUT2D eigenvalue weighted by Gasteiger charge is 2.03. The van der Waals surface area contributed by atoms with Crippen molar-refractivity contribution < 1.29 is 4.74 Å². The van der Waals surface area contributed by atoms with Crippen LogP contribution in [0.3, 0.4) is 0 Å². The molecule has 1 N–H and O–H groups in total. The molecule has 3 nitrogen and oxygen atoms in total. The van der Waals surface area contributed by atoms with E-state index in [0.29, 0.717) is 6.61 Å². The van der Waals surface area contributed by atoms with Crippen LogP contribution in [0.5, 0.6) is 5.75 Å². The first kappa shape index (κ1) is 15.0. The molecule has 106 valence electrons. The molecular formula is C16H19BrN2O. The number of rotatable bonds is 7. The number of nitrogens with zero attached hydrogens (tertiary/aromatic N) is 1. The van der Waals surface area contributed by atoms with Crippen molar-refractivity contribution in [2.45, 2.75) is 26.5 Å². The van der Waals surface area contributed by atoms with E-state index in [2.05, 4.69) is 45.3 Å². The standard InChI is InChI=1S/C16H19BrN2O/c1-2-8-18-10-14-11-19-9-7-16(14)20-12-13-3-5-15(17)6-4-13/h3-7,9,11,18H,2,8,10,12H2,1H3. The lowest BCUT2D eigenvalue weighted by Gasteiger charge is -2.11. The Morgan fingerprint density at radius 1 is 1.20 bits per heavy atom. The Hall–Kier alpha value is -1.39. The molecule has 2 rings (SSSR count). The molecule has 0 spiro atoms. The summed E-state index contributed by atoms with van der Waals surface area (Å²) in [6.07, 6.45) is 4.75. The zero-order valence-corrected chi connectivity index (χ0v) is 13.2. The van der Waals surface area contributed by atoms with Gasteiger partial charge in [0.2, 0.25) is 0 Å². The molecule has 0 saturated carbocycles. The second kappa shape index (κ2) is 8.02. The van der Waals surface area contributed by atoms with Crippen LogP contribution in [0.15, 0.2) is 47.2 Å². The second-order valence-electron chi connectivity index (χ2n) is 4.58. The fourth-order valence-electron chi connectivity index (χ4n) is 1.83. The summed E-state index contributed by atoms with van der Waals surface area (Å²) in [5, 5.41) is 3.37. The summed E-state index contributed by atoms with van der Waals surface area (Å²) in [6.45, 7) is 4.51. The van der Waals surface area contributed by atoms with E-state index in [4.69, 9.17) is 4.74 Å². The Bertz CT molecular complexity index is 528. The van der Waals surface area contributed by atoms with Gasteiger partial charge in [0.1, 0.15) is 12.4 Å². The van der Waals surface area contributed by atoms with Crippen molar-refractivity contribution in [2.75, 3.05) is 6.54 Å². The minimum absolute atomic E-state index is 0.568. The molecule has 0 aliphatic carbocycles. The average Bonchev–Trinajstić information content (AvgIpc) is 2.48. The lowest BCUT2D eigenvalue weighted by molar-refractivity contribution is 0.301. The van der Waals surface area contributed by atoms with Gasteiger partial charge in [0.15, 0.2) is 0 Å². The molecule has 0 aliphatic rings. The predicted molar refractivity (Wildman–Crippen MR) is 84.7 cm³/mol. The fraction of sp³-hybridized carbons (Fsp3) is 0.312. The summed E-state index contributed by atoms with van der Waals surface area (Å²) in [4.78, 5) is 4.16. The van der Waals surface area contributed by atoms with E-state index in [9.17, 15) is 0 Å². The van der Waals surface area contributed by atoms with Crippen molar-refractivity contribution in [3.63, 3.8) is 0 Å². The highest BCUT2D eigenvalue weighted by atomic mass is 79.9. The van der Waals surface area contributed by atoms with Gasteiger partial charge < -0.3 is 10.1 Å². The number of hydrogen-bond donors (Lipinski definition) is 1. The molecule has 20 heavy (non-hydrogen) atoms. The number of nitrogens with one attached hydrogen (secondary N) is 1. The van der Waals surface area contributed by atoms with E-state index in [1.165, 1.54) is 0 Å². The second-order valence-corrected chi connectivity index (χ2v) is 5.49. The maximum absolute atomic E-state index is 5.90. The third kappa shape index (κ3) is 4.62. The highest BCUT2D eigenvalue weighted by Crippen LogP contribution is 2.19.